The molecule has 0 fully saturated rings. The Hall–Kier alpha value is -3.62. The van der Waals surface area contributed by atoms with Crippen molar-refractivity contribution in [3.05, 3.63) is 101 Å². The van der Waals surface area contributed by atoms with Gasteiger partial charge in [0.15, 0.2) is 5.16 Å². The zero-order valence-electron chi connectivity index (χ0n) is 18.6. The molecule has 0 saturated heterocycles. The summed E-state index contributed by atoms with van der Waals surface area (Å²) in [5.74, 6) is 0.671. The number of nitrogens with one attached hydrogen (secondary N) is 2. The third kappa shape index (κ3) is 5.72. The van der Waals surface area contributed by atoms with Crippen LogP contribution in [-0.2, 0) is 11.4 Å². The number of imidazole rings is 1. The van der Waals surface area contributed by atoms with Crippen LogP contribution in [0.1, 0.15) is 11.1 Å². The first-order valence-corrected chi connectivity index (χ1v) is 12.7. The van der Waals surface area contributed by atoms with Gasteiger partial charge in [0.1, 0.15) is 12.4 Å². The van der Waals surface area contributed by atoms with Crippen molar-refractivity contribution in [2.24, 2.45) is 5.10 Å². The quantitative estimate of drug-likeness (QED) is 0.136. The number of rotatable bonds is 8. The van der Waals surface area contributed by atoms with E-state index in [1.807, 2.05) is 84.9 Å². The van der Waals surface area contributed by atoms with Crippen molar-refractivity contribution < 1.29 is 9.53 Å². The number of H-pyrrole nitrogens is 1. The van der Waals surface area contributed by atoms with Gasteiger partial charge >= 0.3 is 0 Å². The summed E-state index contributed by atoms with van der Waals surface area (Å²) in [7, 11) is 0. The SMILES string of the molecule is O=C(CSc1nc2ccccc2[nH]1)N/N=C/c1c(OCc2ccc(Br)cc2)ccc2ccccc12. The van der Waals surface area contributed by atoms with Gasteiger partial charge in [-0.1, -0.05) is 82.3 Å². The largest absolute Gasteiger partial charge is 0.488 e. The molecular weight excluding hydrogens is 524 g/mol. The van der Waals surface area contributed by atoms with Gasteiger partial charge in [-0.2, -0.15) is 5.10 Å². The lowest BCUT2D eigenvalue weighted by Crippen LogP contribution is -2.19. The number of hydrazone groups is 1. The molecule has 0 aliphatic carbocycles. The topological polar surface area (TPSA) is 79.4 Å². The highest BCUT2D eigenvalue weighted by atomic mass is 79.9. The first-order chi connectivity index (χ1) is 17.2. The Bertz CT molecular complexity index is 1480. The molecule has 0 aliphatic rings. The van der Waals surface area contributed by atoms with E-state index in [9.17, 15) is 4.79 Å². The van der Waals surface area contributed by atoms with E-state index >= 15 is 0 Å². The highest BCUT2D eigenvalue weighted by molar-refractivity contribution is 9.10. The van der Waals surface area contributed by atoms with Crippen LogP contribution in [0.3, 0.4) is 0 Å². The van der Waals surface area contributed by atoms with E-state index in [-0.39, 0.29) is 11.7 Å². The molecule has 0 unspecified atom stereocenters. The number of carbonyl (C=O) groups excluding carboxylic acids is 1. The van der Waals surface area contributed by atoms with Crippen molar-refractivity contribution in [3.63, 3.8) is 0 Å². The van der Waals surface area contributed by atoms with Gasteiger partial charge < -0.3 is 9.72 Å². The summed E-state index contributed by atoms with van der Waals surface area (Å²) in [6, 6.07) is 27.7. The predicted molar refractivity (Wildman–Crippen MR) is 145 cm³/mol. The summed E-state index contributed by atoms with van der Waals surface area (Å²) >= 11 is 4.79. The molecule has 2 N–H and O–H groups in total. The van der Waals surface area contributed by atoms with Crippen molar-refractivity contribution >= 4 is 61.6 Å². The average molecular weight is 545 g/mol. The molecule has 0 spiro atoms. The van der Waals surface area contributed by atoms with E-state index in [2.05, 4.69) is 36.4 Å². The number of hydrogen-bond acceptors (Lipinski definition) is 5. The minimum Gasteiger partial charge on any atom is -0.488 e. The van der Waals surface area contributed by atoms with E-state index in [0.717, 1.165) is 37.4 Å². The third-order valence-electron chi connectivity index (χ3n) is 5.33. The summed E-state index contributed by atoms with van der Waals surface area (Å²) in [5, 5.41) is 6.98. The fraction of sp³-hybridized carbons (Fsp3) is 0.0741. The molecule has 8 heteroatoms. The maximum Gasteiger partial charge on any atom is 0.250 e. The number of aromatic nitrogens is 2. The van der Waals surface area contributed by atoms with Gasteiger partial charge in [-0.3, -0.25) is 4.79 Å². The van der Waals surface area contributed by atoms with Crippen molar-refractivity contribution in [3.8, 4) is 5.75 Å². The number of carbonyl (C=O) groups is 1. The van der Waals surface area contributed by atoms with Crippen LogP contribution in [0.4, 0.5) is 0 Å². The lowest BCUT2D eigenvalue weighted by atomic mass is 10.0. The maximum absolute atomic E-state index is 12.4. The van der Waals surface area contributed by atoms with Gasteiger partial charge in [-0.25, -0.2) is 10.4 Å². The summed E-state index contributed by atoms with van der Waals surface area (Å²) < 4.78 is 7.15. The normalized spacial score (nSPS) is 11.3. The molecule has 1 heterocycles. The van der Waals surface area contributed by atoms with Gasteiger partial charge in [-0.05, 0) is 46.7 Å². The van der Waals surface area contributed by atoms with Crippen LogP contribution in [-0.4, -0.2) is 27.8 Å². The van der Waals surface area contributed by atoms with Crippen LogP contribution in [0.5, 0.6) is 5.75 Å². The molecule has 6 nitrogen and oxygen atoms in total. The van der Waals surface area contributed by atoms with Crippen LogP contribution in [0.2, 0.25) is 0 Å². The van der Waals surface area contributed by atoms with E-state index in [1.54, 1.807) is 6.21 Å². The molecule has 4 aromatic carbocycles. The van der Waals surface area contributed by atoms with Crippen LogP contribution in [0.15, 0.2) is 99.7 Å². The lowest BCUT2D eigenvalue weighted by molar-refractivity contribution is -0.118. The van der Waals surface area contributed by atoms with Crippen LogP contribution >= 0.6 is 27.7 Å². The number of amides is 1. The molecule has 0 bridgehead atoms. The molecule has 5 rings (SSSR count). The van der Waals surface area contributed by atoms with E-state index in [0.29, 0.717) is 17.5 Å². The molecule has 5 aromatic rings. The number of nitrogens with zero attached hydrogens (tertiary/aromatic N) is 2. The van der Waals surface area contributed by atoms with E-state index in [4.69, 9.17) is 4.74 Å². The zero-order valence-corrected chi connectivity index (χ0v) is 21.0. The minimum absolute atomic E-state index is 0.194. The van der Waals surface area contributed by atoms with E-state index < -0.39 is 0 Å². The van der Waals surface area contributed by atoms with Crippen molar-refractivity contribution in [1.29, 1.82) is 0 Å². The number of aromatic amines is 1. The molecular formula is C27H21BrN4O2S. The Morgan fingerprint density at radius 3 is 2.69 bits per heavy atom. The average Bonchev–Trinajstić information content (AvgIpc) is 3.31. The second-order valence-electron chi connectivity index (χ2n) is 7.75. The van der Waals surface area contributed by atoms with Gasteiger partial charge in [0.25, 0.3) is 5.91 Å². The maximum atomic E-state index is 12.4. The summed E-state index contributed by atoms with van der Waals surface area (Å²) in [6.45, 7) is 0.424. The molecule has 0 saturated carbocycles. The Morgan fingerprint density at radius 2 is 1.83 bits per heavy atom. The Morgan fingerprint density at radius 1 is 1.03 bits per heavy atom. The Labute approximate surface area is 214 Å². The second kappa shape index (κ2) is 10.8. The van der Waals surface area contributed by atoms with Crippen LogP contribution < -0.4 is 10.2 Å². The summed E-state index contributed by atoms with van der Waals surface area (Å²) in [4.78, 5) is 20.1. The molecule has 1 amide bonds. The number of fused-ring (bicyclic) bond motifs is 2. The van der Waals surface area contributed by atoms with Crippen LogP contribution in [0, 0.1) is 0 Å². The predicted octanol–water partition coefficient (Wildman–Crippen LogP) is 6.30. The highest BCUT2D eigenvalue weighted by Crippen LogP contribution is 2.27. The zero-order chi connectivity index (χ0) is 24.0. The standard InChI is InChI=1S/C27H21BrN4O2S/c28-20-12-9-18(10-13-20)16-34-25-14-11-19-5-1-2-6-21(19)22(25)15-29-32-26(33)17-35-27-30-23-7-3-4-8-24(23)31-27/h1-15H,16-17H2,(H,30,31)(H,32,33)/b29-15+. The molecule has 1 aromatic heterocycles. The van der Waals surface area contributed by atoms with Crippen molar-refractivity contribution in [1.82, 2.24) is 15.4 Å². The highest BCUT2D eigenvalue weighted by Gasteiger charge is 2.09. The number of halogens is 1. The fourth-order valence-corrected chi connectivity index (χ4v) is 4.55. The number of para-hydroxylation sites is 2. The van der Waals surface area contributed by atoms with Gasteiger partial charge in [-0.15, -0.1) is 0 Å². The first kappa shape index (κ1) is 23.1. The van der Waals surface area contributed by atoms with Crippen molar-refractivity contribution in [2.75, 3.05) is 5.75 Å². The van der Waals surface area contributed by atoms with Gasteiger partial charge in [0, 0.05) is 10.0 Å². The van der Waals surface area contributed by atoms with Crippen LogP contribution in [0.25, 0.3) is 21.8 Å². The Kier molecular flexibility index (Phi) is 7.11. The number of hydrogen-bond donors (Lipinski definition) is 2. The minimum atomic E-state index is -0.218. The molecule has 0 aliphatic heterocycles. The molecule has 174 valence electrons. The molecule has 0 radical (unpaired) electrons. The smallest absolute Gasteiger partial charge is 0.250 e. The lowest BCUT2D eigenvalue weighted by Gasteiger charge is -2.12. The third-order valence-corrected chi connectivity index (χ3v) is 6.73. The summed E-state index contributed by atoms with van der Waals surface area (Å²) in [5.41, 5.74) is 6.30. The number of thioether (sulfide) groups is 1. The summed E-state index contributed by atoms with van der Waals surface area (Å²) in [6.07, 6.45) is 1.64. The number of ether oxygens (including phenoxy) is 1. The van der Waals surface area contributed by atoms with Crippen molar-refractivity contribution in [2.45, 2.75) is 11.8 Å². The monoisotopic (exact) mass is 544 g/mol. The van der Waals surface area contributed by atoms with E-state index in [1.165, 1.54) is 11.8 Å². The second-order valence-corrected chi connectivity index (χ2v) is 9.63. The fourth-order valence-electron chi connectivity index (χ4n) is 3.61. The first-order valence-electron chi connectivity index (χ1n) is 10.9. The molecule has 0 atom stereocenters. The Balaban J connectivity index is 1.27. The molecule has 35 heavy (non-hydrogen) atoms. The van der Waals surface area contributed by atoms with Gasteiger partial charge in [0.2, 0.25) is 0 Å². The van der Waals surface area contributed by atoms with Gasteiger partial charge in [0.05, 0.1) is 23.0 Å². The number of benzene rings is 4.